The Bertz CT molecular complexity index is 156. The van der Waals surface area contributed by atoms with Crippen molar-refractivity contribution in [3.63, 3.8) is 0 Å². The Kier molecular flexibility index (Phi) is 3.95. The van der Waals surface area contributed by atoms with Crippen molar-refractivity contribution in [2.24, 2.45) is 4.99 Å². The predicted octanol–water partition coefficient (Wildman–Crippen LogP) is 2.97. The Balaban J connectivity index is 1.92. The van der Waals surface area contributed by atoms with E-state index >= 15 is 0 Å². The first-order chi connectivity index (χ1) is 5.43. The standard InChI is InChI=1S/C10H17N/c1-2-3-4-5-9-11-10-7-6-8-10/h6-7H,2-5,8-9H2,1H3. The highest BCUT2D eigenvalue weighted by Crippen LogP contribution is 2.04. The van der Waals surface area contributed by atoms with Crippen LogP contribution in [0.3, 0.4) is 0 Å². The van der Waals surface area contributed by atoms with Gasteiger partial charge in [0.1, 0.15) is 0 Å². The zero-order chi connectivity index (χ0) is 7.94. The fourth-order valence-electron chi connectivity index (χ4n) is 1.10. The maximum Gasteiger partial charge on any atom is 0.0392 e. The van der Waals surface area contributed by atoms with Crippen LogP contribution in [0.25, 0.3) is 0 Å². The van der Waals surface area contributed by atoms with Crippen molar-refractivity contribution in [2.75, 3.05) is 6.54 Å². The van der Waals surface area contributed by atoms with E-state index in [-0.39, 0.29) is 0 Å². The fourth-order valence-corrected chi connectivity index (χ4v) is 1.10. The molecular formula is C10H17N. The molecule has 1 nitrogen and oxygen atoms in total. The molecule has 0 aromatic rings. The van der Waals surface area contributed by atoms with Crippen LogP contribution in [0.15, 0.2) is 17.1 Å². The van der Waals surface area contributed by atoms with Crippen molar-refractivity contribution in [1.82, 2.24) is 0 Å². The fraction of sp³-hybridized carbons (Fsp3) is 0.700. The summed E-state index contributed by atoms with van der Waals surface area (Å²) in [4.78, 5) is 4.43. The smallest absolute Gasteiger partial charge is 0.0392 e. The average Bonchev–Trinajstić information content (AvgIpc) is 1.93. The Labute approximate surface area is 69.2 Å². The molecule has 0 aliphatic heterocycles. The van der Waals surface area contributed by atoms with Crippen LogP contribution in [0.1, 0.15) is 39.0 Å². The first-order valence-electron chi connectivity index (χ1n) is 4.63. The molecule has 0 fully saturated rings. The summed E-state index contributed by atoms with van der Waals surface area (Å²) in [7, 11) is 0. The lowest BCUT2D eigenvalue weighted by Gasteiger charge is -2.04. The maximum absolute atomic E-state index is 4.43. The molecule has 11 heavy (non-hydrogen) atoms. The highest BCUT2D eigenvalue weighted by Gasteiger charge is 1.98. The van der Waals surface area contributed by atoms with E-state index in [1.54, 1.807) is 0 Å². The van der Waals surface area contributed by atoms with Crippen LogP contribution in [0.5, 0.6) is 0 Å². The van der Waals surface area contributed by atoms with Crippen molar-refractivity contribution in [3.8, 4) is 0 Å². The van der Waals surface area contributed by atoms with Gasteiger partial charge in [0.2, 0.25) is 0 Å². The summed E-state index contributed by atoms with van der Waals surface area (Å²) in [6.45, 7) is 3.28. The highest BCUT2D eigenvalue weighted by atomic mass is 14.7. The summed E-state index contributed by atoms with van der Waals surface area (Å²) in [5.74, 6) is 0. The average molecular weight is 151 g/mol. The van der Waals surface area contributed by atoms with Gasteiger partial charge < -0.3 is 0 Å². The molecule has 0 amide bonds. The molecule has 0 bridgehead atoms. The van der Waals surface area contributed by atoms with Gasteiger partial charge in [0.15, 0.2) is 0 Å². The van der Waals surface area contributed by atoms with E-state index in [0.717, 1.165) is 13.0 Å². The predicted molar refractivity (Wildman–Crippen MR) is 50.2 cm³/mol. The van der Waals surface area contributed by atoms with Crippen molar-refractivity contribution < 1.29 is 0 Å². The van der Waals surface area contributed by atoms with Gasteiger partial charge in [-0.15, -0.1) is 0 Å². The molecule has 0 unspecified atom stereocenters. The van der Waals surface area contributed by atoms with Crippen LogP contribution >= 0.6 is 0 Å². The van der Waals surface area contributed by atoms with E-state index in [9.17, 15) is 0 Å². The van der Waals surface area contributed by atoms with E-state index in [2.05, 4.69) is 24.1 Å². The number of aliphatic imine (C=N–C) groups is 1. The lowest BCUT2D eigenvalue weighted by molar-refractivity contribution is 0.675. The van der Waals surface area contributed by atoms with E-state index in [0.29, 0.717) is 0 Å². The summed E-state index contributed by atoms with van der Waals surface area (Å²) in [6, 6.07) is 0. The molecule has 1 heteroatoms. The Hall–Kier alpha value is -0.590. The number of nitrogens with zero attached hydrogens (tertiary/aromatic N) is 1. The molecule has 0 atom stereocenters. The van der Waals surface area contributed by atoms with E-state index < -0.39 is 0 Å². The number of hydrogen-bond acceptors (Lipinski definition) is 1. The monoisotopic (exact) mass is 151 g/mol. The van der Waals surface area contributed by atoms with Gasteiger partial charge in [-0.3, -0.25) is 4.99 Å². The molecule has 0 aromatic carbocycles. The molecule has 0 N–H and O–H groups in total. The number of allylic oxidation sites excluding steroid dienone is 2. The second-order valence-corrected chi connectivity index (χ2v) is 3.04. The van der Waals surface area contributed by atoms with Crippen molar-refractivity contribution >= 4 is 5.71 Å². The van der Waals surface area contributed by atoms with Gasteiger partial charge in [0, 0.05) is 18.7 Å². The van der Waals surface area contributed by atoms with Crippen LogP contribution < -0.4 is 0 Å². The van der Waals surface area contributed by atoms with E-state index in [1.165, 1.54) is 31.4 Å². The van der Waals surface area contributed by atoms with E-state index in [4.69, 9.17) is 0 Å². The van der Waals surface area contributed by atoms with Crippen molar-refractivity contribution in [3.05, 3.63) is 12.2 Å². The van der Waals surface area contributed by atoms with Gasteiger partial charge in [-0.2, -0.15) is 0 Å². The number of rotatable bonds is 5. The molecule has 62 valence electrons. The maximum atomic E-state index is 4.43. The quantitative estimate of drug-likeness (QED) is 0.536. The second kappa shape index (κ2) is 5.11. The molecule has 0 aromatic heterocycles. The van der Waals surface area contributed by atoms with Crippen molar-refractivity contribution in [2.45, 2.75) is 39.0 Å². The Morgan fingerprint density at radius 1 is 1.36 bits per heavy atom. The molecule has 0 saturated carbocycles. The summed E-state index contributed by atoms with van der Waals surface area (Å²) in [5, 5.41) is 0. The molecule has 1 rings (SSSR count). The van der Waals surface area contributed by atoms with Crippen molar-refractivity contribution in [1.29, 1.82) is 0 Å². The summed E-state index contributed by atoms with van der Waals surface area (Å²) in [6.07, 6.45) is 10.7. The molecule has 1 aliphatic rings. The van der Waals surface area contributed by atoms with Gasteiger partial charge in [0.25, 0.3) is 0 Å². The van der Waals surface area contributed by atoms with Gasteiger partial charge in [-0.05, 0) is 12.5 Å². The minimum atomic E-state index is 1.04. The molecule has 0 saturated heterocycles. The minimum Gasteiger partial charge on any atom is -0.289 e. The minimum absolute atomic E-state index is 1.04. The van der Waals surface area contributed by atoms with Crippen LogP contribution in [-0.4, -0.2) is 12.3 Å². The zero-order valence-corrected chi connectivity index (χ0v) is 7.34. The van der Waals surface area contributed by atoms with Gasteiger partial charge in [-0.1, -0.05) is 32.3 Å². The third kappa shape index (κ3) is 3.35. The van der Waals surface area contributed by atoms with Gasteiger partial charge >= 0.3 is 0 Å². The molecule has 0 spiro atoms. The first-order valence-corrected chi connectivity index (χ1v) is 4.63. The SMILES string of the molecule is CCCCCCN=C1C=CC1. The number of unbranched alkanes of at least 4 members (excludes halogenated alkanes) is 3. The summed E-state index contributed by atoms with van der Waals surface area (Å²) >= 11 is 0. The second-order valence-electron chi connectivity index (χ2n) is 3.04. The van der Waals surface area contributed by atoms with Crippen LogP contribution in [0.2, 0.25) is 0 Å². The number of hydrogen-bond donors (Lipinski definition) is 0. The highest BCUT2D eigenvalue weighted by molar-refractivity contribution is 6.01. The van der Waals surface area contributed by atoms with Gasteiger partial charge in [0.05, 0.1) is 0 Å². The summed E-state index contributed by atoms with van der Waals surface area (Å²) in [5.41, 5.74) is 1.29. The zero-order valence-electron chi connectivity index (χ0n) is 7.34. The third-order valence-electron chi connectivity index (χ3n) is 1.96. The lowest BCUT2D eigenvalue weighted by Crippen LogP contribution is -2.01. The topological polar surface area (TPSA) is 12.4 Å². The molecule has 1 aliphatic carbocycles. The van der Waals surface area contributed by atoms with Crippen LogP contribution in [-0.2, 0) is 0 Å². The van der Waals surface area contributed by atoms with Crippen LogP contribution in [0.4, 0.5) is 0 Å². The lowest BCUT2D eigenvalue weighted by atomic mass is 10.1. The third-order valence-corrected chi connectivity index (χ3v) is 1.96. The van der Waals surface area contributed by atoms with E-state index in [1.807, 2.05) is 0 Å². The Morgan fingerprint density at radius 3 is 2.73 bits per heavy atom. The first kappa shape index (κ1) is 8.51. The summed E-state index contributed by atoms with van der Waals surface area (Å²) < 4.78 is 0. The Morgan fingerprint density at radius 2 is 2.18 bits per heavy atom. The largest absolute Gasteiger partial charge is 0.289 e. The molecule has 0 radical (unpaired) electrons. The van der Waals surface area contributed by atoms with Gasteiger partial charge in [-0.25, -0.2) is 0 Å². The molecular weight excluding hydrogens is 134 g/mol. The normalized spacial score (nSPS) is 18.8. The van der Waals surface area contributed by atoms with Crippen LogP contribution in [0, 0.1) is 0 Å². The molecule has 0 heterocycles.